The number of halogens is 2. The van der Waals surface area contributed by atoms with Crippen molar-refractivity contribution in [3.8, 4) is 0 Å². The van der Waals surface area contributed by atoms with E-state index in [1.807, 2.05) is 0 Å². The zero-order valence-corrected chi connectivity index (χ0v) is 9.18. The fraction of sp³-hybridized carbons (Fsp3) is 0.200. The van der Waals surface area contributed by atoms with Crippen LogP contribution in [0.3, 0.4) is 0 Å². The van der Waals surface area contributed by atoms with Gasteiger partial charge in [-0.3, -0.25) is 9.59 Å². The fourth-order valence-corrected chi connectivity index (χ4v) is 1.25. The largest absolute Gasteiger partial charge is 0.468 e. The van der Waals surface area contributed by atoms with Crippen LogP contribution in [0.5, 0.6) is 0 Å². The highest BCUT2D eigenvalue weighted by atomic mass is 35.5. The molecule has 86 valence electrons. The van der Waals surface area contributed by atoms with E-state index in [-0.39, 0.29) is 17.1 Å². The highest BCUT2D eigenvalue weighted by Crippen LogP contribution is 2.16. The molecule has 0 spiro atoms. The third-order valence-corrected chi connectivity index (χ3v) is 2.11. The van der Waals surface area contributed by atoms with Crippen LogP contribution in [0.4, 0.5) is 4.39 Å². The minimum Gasteiger partial charge on any atom is -0.468 e. The summed E-state index contributed by atoms with van der Waals surface area (Å²) in [6.45, 7) is -0.261. The third kappa shape index (κ3) is 3.20. The van der Waals surface area contributed by atoms with Crippen molar-refractivity contribution in [3.63, 3.8) is 0 Å². The number of carbonyl (C=O) groups excluding carboxylic acids is 2. The van der Waals surface area contributed by atoms with E-state index in [9.17, 15) is 14.0 Å². The van der Waals surface area contributed by atoms with Crippen molar-refractivity contribution in [2.24, 2.45) is 0 Å². The monoisotopic (exact) mass is 245 g/mol. The minimum absolute atomic E-state index is 0.0117. The zero-order valence-electron chi connectivity index (χ0n) is 8.42. The predicted molar refractivity (Wildman–Crippen MR) is 55.8 cm³/mol. The zero-order chi connectivity index (χ0) is 12.1. The van der Waals surface area contributed by atoms with Crippen LogP contribution >= 0.6 is 11.6 Å². The Balaban J connectivity index is 2.70. The Labute approximate surface area is 96.3 Å². The van der Waals surface area contributed by atoms with Gasteiger partial charge in [0.05, 0.1) is 17.7 Å². The molecule has 4 nitrogen and oxygen atoms in total. The Bertz CT molecular complexity index is 423. The number of methoxy groups -OCH3 is 1. The number of amides is 1. The van der Waals surface area contributed by atoms with Gasteiger partial charge in [-0.2, -0.15) is 0 Å². The van der Waals surface area contributed by atoms with Crippen LogP contribution in [0.15, 0.2) is 18.2 Å². The maximum Gasteiger partial charge on any atom is 0.325 e. The number of hydrogen-bond donors (Lipinski definition) is 1. The Morgan fingerprint density at radius 2 is 2.19 bits per heavy atom. The van der Waals surface area contributed by atoms with Gasteiger partial charge in [0.15, 0.2) is 0 Å². The molecule has 0 unspecified atom stereocenters. The topological polar surface area (TPSA) is 55.4 Å². The lowest BCUT2D eigenvalue weighted by Gasteiger charge is -2.05. The smallest absolute Gasteiger partial charge is 0.325 e. The normalized spacial score (nSPS) is 9.69. The number of nitrogens with one attached hydrogen (secondary N) is 1. The van der Waals surface area contributed by atoms with Crippen LogP contribution in [0, 0.1) is 5.82 Å². The van der Waals surface area contributed by atoms with Gasteiger partial charge in [0.1, 0.15) is 12.4 Å². The van der Waals surface area contributed by atoms with E-state index >= 15 is 0 Å². The summed E-state index contributed by atoms with van der Waals surface area (Å²) in [4.78, 5) is 22.2. The van der Waals surface area contributed by atoms with Gasteiger partial charge in [0.2, 0.25) is 0 Å². The van der Waals surface area contributed by atoms with Crippen LogP contribution in [-0.4, -0.2) is 25.5 Å². The molecule has 1 rings (SSSR count). The summed E-state index contributed by atoms with van der Waals surface area (Å²) in [7, 11) is 1.21. The molecule has 0 fully saturated rings. The molecule has 0 bridgehead atoms. The summed E-state index contributed by atoms with van der Waals surface area (Å²) in [5.41, 5.74) is 0.104. The molecule has 0 aromatic heterocycles. The molecule has 0 aliphatic heterocycles. The Morgan fingerprint density at radius 3 is 2.75 bits per heavy atom. The summed E-state index contributed by atoms with van der Waals surface area (Å²) in [6.07, 6.45) is 0. The van der Waals surface area contributed by atoms with Crippen molar-refractivity contribution in [3.05, 3.63) is 34.6 Å². The van der Waals surface area contributed by atoms with Gasteiger partial charge in [0, 0.05) is 0 Å². The fourth-order valence-electron chi connectivity index (χ4n) is 0.993. The molecule has 6 heteroatoms. The first-order valence-corrected chi connectivity index (χ1v) is 4.72. The molecule has 0 atom stereocenters. The molecule has 1 amide bonds. The number of rotatable bonds is 3. The van der Waals surface area contributed by atoms with E-state index in [1.165, 1.54) is 13.2 Å². The maximum atomic E-state index is 12.7. The summed E-state index contributed by atoms with van der Waals surface area (Å²) in [6, 6.07) is 3.37. The van der Waals surface area contributed by atoms with Crippen LogP contribution in [-0.2, 0) is 9.53 Å². The number of esters is 1. The molecule has 16 heavy (non-hydrogen) atoms. The summed E-state index contributed by atoms with van der Waals surface area (Å²) < 4.78 is 17.0. The van der Waals surface area contributed by atoms with Gasteiger partial charge in [0.25, 0.3) is 5.91 Å². The second-order valence-electron chi connectivity index (χ2n) is 2.88. The Morgan fingerprint density at radius 1 is 1.50 bits per heavy atom. The van der Waals surface area contributed by atoms with Gasteiger partial charge in [-0.25, -0.2) is 4.39 Å². The first-order valence-electron chi connectivity index (χ1n) is 4.34. The Kier molecular flexibility index (Phi) is 4.25. The van der Waals surface area contributed by atoms with Gasteiger partial charge in [-0.05, 0) is 18.2 Å². The van der Waals surface area contributed by atoms with Gasteiger partial charge in [-0.15, -0.1) is 0 Å². The molecule has 1 aromatic carbocycles. The second-order valence-corrected chi connectivity index (χ2v) is 3.29. The molecular formula is C10H9ClFNO3. The number of ether oxygens (including phenoxy) is 1. The molecule has 0 saturated heterocycles. The van der Waals surface area contributed by atoms with Crippen molar-refractivity contribution in [2.45, 2.75) is 0 Å². The lowest BCUT2D eigenvalue weighted by Crippen LogP contribution is -2.30. The molecule has 1 aromatic rings. The van der Waals surface area contributed by atoms with E-state index in [1.54, 1.807) is 0 Å². The van der Waals surface area contributed by atoms with Crippen molar-refractivity contribution in [1.29, 1.82) is 0 Å². The van der Waals surface area contributed by atoms with Crippen LogP contribution in [0.25, 0.3) is 0 Å². The number of hydrogen-bond acceptors (Lipinski definition) is 3. The summed E-state index contributed by atoms with van der Waals surface area (Å²) >= 11 is 5.66. The van der Waals surface area contributed by atoms with Crippen molar-refractivity contribution < 1.29 is 18.7 Å². The SMILES string of the molecule is COC(=O)CNC(=O)c1ccc(F)cc1Cl. The molecule has 0 aliphatic carbocycles. The lowest BCUT2D eigenvalue weighted by atomic mass is 10.2. The number of benzene rings is 1. The molecule has 0 aliphatic rings. The second kappa shape index (κ2) is 5.46. The van der Waals surface area contributed by atoms with Crippen molar-refractivity contribution >= 4 is 23.5 Å². The summed E-state index contributed by atoms with van der Waals surface area (Å²) in [5, 5.41) is 2.28. The van der Waals surface area contributed by atoms with E-state index in [4.69, 9.17) is 11.6 Å². The highest BCUT2D eigenvalue weighted by molar-refractivity contribution is 6.33. The standard InChI is InChI=1S/C10H9ClFNO3/c1-16-9(14)5-13-10(15)7-3-2-6(12)4-8(7)11/h2-4H,5H2,1H3,(H,13,15). The Hall–Kier alpha value is -1.62. The van der Waals surface area contributed by atoms with Crippen LogP contribution < -0.4 is 5.32 Å². The van der Waals surface area contributed by atoms with E-state index < -0.39 is 17.7 Å². The molecule has 0 heterocycles. The quantitative estimate of drug-likeness (QED) is 0.819. The van der Waals surface area contributed by atoms with Gasteiger partial charge < -0.3 is 10.1 Å². The predicted octanol–water partition coefficient (Wildman–Crippen LogP) is 1.38. The average Bonchev–Trinajstić information content (AvgIpc) is 2.25. The van der Waals surface area contributed by atoms with E-state index in [0.29, 0.717) is 0 Å². The highest BCUT2D eigenvalue weighted by Gasteiger charge is 2.12. The van der Waals surface area contributed by atoms with Crippen LogP contribution in [0.2, 0.25) is 5.02 Å². The minimum atomic E-state index is -0.577. The van der Waals surface area contributed by atoms with E-state index in [0.717, 1.165) is 12.1 Å². The van der Waals surface area contributed by atoms with Crippen molar-refractivity contribution in [2.75, 3.05) is 13.7 Å². The average molecular weight is 246 g/mol. The van der Waals surface area contributed by atoms with Crippen LogP contribution in [0.1, 0.15) is 10.4 Å². The van der Waals surface area contributed by atoms with Gasteiger partial charge in [-0.1, -0.05) is 11.6 Å². The first kappa shape index (κ1) is 12.4. The van der Waals surface area contributed by atoms with E-state index in [2.05, 4.69) is 10.1 Å². The molecule has 0 saturated carbocycles. The molecular weight excluding hydrogens is 237 g/mol. The first-order chi connectivity index (χ1) is 7.54. The maximum absolute atomic E-state index is 12.7. The lowest BCUT2D eigenvalue weighted by molar-refractivity contribution is -0.139. The number of carbonyl (C=O) groups is 2. The molecule has 0 radical (unpaired) electrons. The summed E-state index contributed by atoms with van der Waals surface area (Å²) in [5.74, 6) is -1.67. The van der Waals surface area contributed by atoms with Gasteiger partial charge >= 0.3 is 5.97 Å². The molecule has 1 N–H and O–H groups in total. The van der Waals surface area contributed by atoms with Crippen molar-refractivity contribution in [1.82, 2.24) is 5.32 Å². The third-order valence-electron chi connectivity index (χ3n) is 1.80.